The Bertz CT molecular complexity index is 526. The zero-order valence-corrected chi connectivity index (χ0v) is 11.9. The molecule has 2 aromatic heterocycles. The second-order valence-corrected chi connectivity index (χ2v) is 4.88. The lowest BCUT2D eigenvalue weighted by Gasteiger charge is -2.10. The summed E-state index contributed by atoms with van der Waals surface area (Å²) >= 11 is 11.9. The second kappa shape index (κ2) is 5.63. The molecule has 0 unspecified atom stereocenters. The summed E-state index contributed by atoms with van der Waals surface area (Å²) in [4.78, 5) is 4.03. The SMILES string of the molecule is CCn1ccc(CNc2c(C)cc(Cl)nc2Cl)c1. The Labute approximate surface area is 117 Å². The van der Waals surface area contributed by atoms with Gasteiger partial charge in [0.2, 0.25) is 0 Å². The van der Waals surface area contributed by atoms with Gasteiger partial charge in [-0.15, -0.1) is 0 Å². The highest BCUT2D eigenvalue weighted by molar-refractivity contribution is 6.34. The summed E-state index contributed by atoms with van der Waals surface area (Å²) in [6.45, 7) is 5.76. The first-order valence-corrected chi connectivity index (χ1v) is 6.57. The lowest BCUT2D eigenvalue weighted by atomic mass is 10.2. The average Bonchev–Trinajstić information content (AvgIpc) is 2.75. The standard InChI is InChI=1S/C13H15Cl2N3/c1-3-18-5-4-10(8-18)7-16-12-9(2)6-11(14)17-13(12)15/h4-6,8,16H,3,7H2,1-2H3. The van der Waals surface area contributed by atoms with E-state index in [0.717, 1.165) is 24.3 Å². The molecule has 2 heterocycles. The van der Waals surface area contributed by atoms with Crippen LogP contribution >= 0.6 is 23.2 Å². The monoisotopic (exact) mass is 283 g/mol. The predicted octanol–water partition coefficient (Wildman–Crippen LogP) is 4.13. The normalized spacial score (nSPS) is 10.7. The van der Waals surface area contributed by atoms with Crippen molar-refractivity contribution in [2.45, 2.75) is 26.9 Å². The van der Waals surface area contributed by atoms with Crippen LogP contribution in [0.3, 0.4) is 0 Å². The smallest absolute Gasteiger partial charge is 0.154 e. The van der Waals surface area contributed by atoms with Gasteiger partial charge in [0.25, 0.3) is 0 Å². The van der Waals surface area contributed by atoms with E-state index in [9.17, 15) is 0 Å². The minimum atomic E-state index is 0.412. The Hall–Kier alpha value is -1.19. The number of aromatic nitrogens is 2. The highest BCUT2D eigenvalue weighted by Crippen LogP contribution is 2.26. The van der Waals surface area contributed by atoms with Crippen molar-refractivity contribution in [2.75, 3.05) is 5.32 Å². The van der Waals surface area contributed by atoms with Crippen LogP contribution in [0.1, 0.15) is 18.1 Å². The zero-order valence-electron chi connectivity index (χ0n) is 10.4. The van der Waals surface area contributed by atoms with Crippen molar-refractivity contribution in [3.05, 3.63) is 46.0 Å². The molecule has 0 aliphatic heterocycles. The number of aryl methyl sites for hydroxylation is 2. The molecule has 0 spiro atoms. The number of anilines is 1. The number of nitrogens with zero attached hydrogens (tertiary/aromatic N) is 2. The Morgan fingerprint density at radius 2 is 2.17 bits per heavy atom. The number of hydrogen-bond acceptors (Lipinski definition) is 2. The molecule has 2 rings (SSSR count). The van der Waals surface area contributed by atoms with Gasteiger partial charge in [-0.05, 0) is 37.1 Å². The van der Waals surface area contributed by atoms with Crippen molar-refractivity contribution in [1.29, 1.82) is 0 Å². The molecule has 0 amide bonds. The lowest BCUT2D eigenvalue weighted by Crippen LogP contribution is -2.02. The van der Waals surface area contributed by atoms with E-state index in [1.165, 1.54) is 5.56 Å². The third kappa shape index (κ3) is 2.98. The van der Waals surface area contributed by atoms with Crippen LogP contribution in [-0.2, 0) is 13.1 Å². The molecule has 18 heavy (non-hydrogen) atoms. The van der Waals surface area contributed by atoms with Crippen LogP contribution in [0, 0.1) is 6.92 Å². The molecule has 5 heteroatoms. The van der Waals surface area contributed by atoms with E-state index < -0.39 is 0 Å². The minimum Gasteiger partial charge on any atom is -0.378 e. The van der Waals surface area contributed by atoms with Crippen molar-refractivity contribution in [2.24, 2.45) is 0 Å². The number of halogens is 2. The predicted molar refractivity (Wildman–Crippen MR) is 76.4 cm³/mol. The summed E-state index contributed by atoms with van der Waals surface area (Å²) in [6, 6.07) is 3.88. The first-order valence-electron chi connectivity index (χ1n) is 5.81. The maximum atomic E-state index is 6.07. The molecule has 0 saturated heterocycles. The van der Waals surface area contributed by atoms with Gasteiger partial charge in [0.05, 0.1) is 5.69 Å². The van der Waals surface area contributed by atoms with Crippen LogP contribution in [0.2, 0.25) is 10.3 Å². The van der Waals surface area contributed by atoms with Crippen LogP contribution in [-0.4, -0.2) is 9.55 Å². The zero-order chi connectivity index (χ0) is 13.1. The van der Waals surface area contributed by atoms with Gasteiger partial charge in [-0.2, -0.15) is 0 Å². The fraction of sp³-hybridized carbons (Fsp3) is 0.308. The molecule has 0 atom stereocenters. The van der Waals surface area contributed by atoms with Gasteiger partial charge in [-0.25, -0.2) is 4.98 Å². The third-order valence-electron chi connectivity index (χ3n) is 2.79. The van der Waals surface area contributed by atoms with Gasteiger partial charge in [-0.1, -0.05) is 23.2 Å². The van der Waals surface area contributed by atoms with Crippen LogP contribution in [0.4, 0.5) is 5.69 Å². The highest BCUT2D eigenvalue weighted by Gasteiger charge is 2.07. The van der Waals surface area contributed by atoms with Gasteiger partial charge in [0.15, 0.2) is 5.15 Å². The summed E-state index contributed by atoms with van der Waals surface area (Å²) in [5, 5.41) is 4.12. The third-order valence-corrected chi connectivity index (χ3v) is 3.25. The number of hydrogen-bond donors (Lipinski definition) is 1. The minimum absolute atomic E-state index is 0.412. The molecule has 0 fully saturated rings. The molecule has 0 aliphatic rings. The molecule has 0 radical (unpaired) electrons. The van der Waals surface area contributed by atoms with Crippen molar-refractivity contribution in [1.82, 2.24) is 9.55 Å². The Kier molecular flexibility index (Phi) is 4.15. The average molecular weight is 284 g/mol. The van der Waals surface area contributed by atoms with Crippen LogP contribution in [0.15, 0.2) is 24.5 Å². The van der Waals surface area contributed by atoms with Crippen molar-refractivity contribution in [3.63, 3.8) is 0 Å². The lowest BCUT2D eigenvalue weighted by molar-refractivity contribution is 0.766. The van der Waals surface area contributed by atoms with E-state index in [4.69, 9.17) is 23.2 Å². The molecule has 0 aromatic carbocycles. The molecular weight excluding hydrogens is 269 g/mol. The molecule has 96 valence electrons. The number of pyridine rings is 1. The van der Waals surface area contributed by atoms with Gasteiger partial charge in [-0.3, -0.25) is 0 Å². The topological polar surface area (TPSA) is 29.9 Å². The largest absolute Gasteiger partial charge is 0.378 e. The van der Waals surface area contributed by atoms with Gasteiger partial charge < -0.3 is 9.88 Å². The quantitative estimate of drug-likeness (QED) is 0.855. The number of nitrogens with one attached hydrogen (secondary N) is 1. The van der Waals surface area contributed by atoms with Crippen LogP contribution in [0.25, 0.3) is 0 Å². The molecular formula is C13H15Cl2N3. The fourth-order valence-corrected chi connectivity index (χ4v) is 2.39. The Morgan fingerprint density at radius 1 is 1.39 bits per heavy atom. The first-order chi connectivity index (χ1) is 8.60. The summed E-state index contributed by atoms with van der Waals surface area (Å²) in [6.07, 6.45) is 4.17. The van der Waals surface area contributed by atoms with Gasteiger partial charge in [0.1, 0.15) is 5.15 Å². The Morgan fingerprint density at radius 3 is 2.78 bits per heavy atom. The molecule has 3 nitrogen and oxygen atoms in total. The molecule has 0 saturated carbocycles. The van der Waals surface area contributed by atoms with Crippen LogP contribution < -0.4 is 5.32 Å². The summed E-state index contributed by atoms with van der Waals surface area (Å²) < 4.78 is 2.13. The summed E-state index contributed by atoms with van der Waals surface area (Å²) in [7, 11) is 0. The molecule has 2 aromatic rings. The highest BCUT2D eigenvalue weighted by atomic mass is 35.5. The van der Waals surface area contributed by atoms with Crippen LogP contribution in [0.5, 0.6) is 0 Å². The van der Waals surface area contributed by atoms with E-state index in [1.807, 2.05) is 6.92 Å². The maximum Gasteiger partial charge on any atom is 0.154 e. The Balaban J connectivity index is 2.10. The fourth-order valence-electron chi connectivity index (χ4n) is 1.79. The van der Waals surface area contributed by atoms with E-state index in [-0.39, 0.29) is 0 Å². The molecule has 0 bridgehead atoms. The maximum absolute atomic E-state index is 6.07. The van der Waals surface area contributed by atoms with Crippen molar-refractivity contribution >= 4 is 28.9 Å². The first kappa shape index (κ1) is 13.2. The number of rotatable bonds is 4. The van der Waals surface area contributed by atoms with E-state index >= 15 is 0 Å². The summed E-state index contributed by atoms with van der Waals surface area (Å²) in [5.74, 6) is 0. The van der Waals surface area contributed by atoms with Gasteiger partial charge in [0, 0.05) is 25.5 Å². The van der Waals surface area contributed by atoms with Crippen molar-refractivity contribution < 1.29 is 0 Å². The van der Waals surface area contributed by atoms with E-state index in [0.29, 0.717) is 10.3 Å². The molecule has 0 aliphatic carbocycles. The van der Waals surface area contributed by atoms with Crippen molar-refractivity contribution in [3.8, 4) is 0 Å². The van der Waals surface area contributed by atoms with Gasteiger partial charge >= 0.3 is 0 Å². The van der Waals surface area contributed by atoms with E-state index in [2.05, 4.69) is 40.3 Å². The van der Waals surface area contributed by atoms with E-state index in [1.54, 1.807) is 6.07 Å². The second-order valence-electron chi connectivity index (χ2n) is 4.13. The summed E-state index contributed by atoms with van der Waals surface area (Å²) in [5.41, 5.74) is 3.04. The molecule has 1 N–H and O–H groups in total.